The zero-order valence-corrected chi connectivity index (χ0v) is 17.8. The number of benzene rings is 2. The van der Waals surface area contributed by atoms with Crippen LogP contribution in [-0.4, -0.2) is 54.4 Å². The molecule has 0 bridgehead atoms. The zero-order valence-electron chi connectivity index (χ0n) is 17.8. The van der Waals surface area contributed by atoms with Crippen LogP contribution in [0.1, 0.15) is 52.8 Å². The van der Waals surface area contributed by atoms with Crippen molar-refractivity contribution in [3.05, 3.63) is 65.5 Å². The van der Waals surface area contributed by atoms with E-state index in [1.54, 1.807) is 17.0 Å². The van der Waals surface area contributed by atoms with Gasteiger partial charge in [-0.15, -0.1) is 0 Å². The lowest BCUT2D eigenvalue weighted by Crippen LogP contribution is -2.40. The molecule has 2 fully saturated rings. The predicted octanol–water partition coefficient (Wildman–Crippen LogP) is 4.38. The first-order valence-corrected chi connectivity index (χ1v) is 11.2. The van der Waals surface area contributed by atoms with Crippen molar-refractivity contribution in [3.63, 3.8) is 0 Å². The molecule has 2 aromatic rings. The molecule has 2 amide bonds. The molecule has 6 heteroatoms. The normalized spacial score (nSPS) is 17.5. The first-order valence-electron chi connectivity index (χ1n) is 11.2. The van der Waals surface area contributed by atoms with Gasteiger partial charge in [-0.2, -0.15) is 0 Å². The largest absolute Gasteiger partial charge is 0.493 e. The molecule has 0 aromatic heterocycles. The monoisotopic (exact) mass is 424 g/mol. The van der Waals surface area contributed by atoms with Crippen LogP contribution in [0.25, 0.3) is 0 Å². The smallest absolute Gasteiger partial charge is 0.256 e. The molecule has 2 heterocycles. The third kappa shape index (κ3) is 5.24. The van der Waals surface area contributed by atoms with Crippen LogP contribution in [-0.2, 0) is 0 Å². The number of hydrogen-bond donors (Lipinski definition) is 0. The molecular weight excluding hydrogens is 395 g/mol. The van der Waals surface area contributed by atoms with E-state index < -0.39 is 5.82 Å². The second kappa shape index (κ2) is 9.94. The number of carbonyl (C=O) groups is 2. The number of amides is 2. The molecule has 0 unspecified atom stereocenters. The Balaban J connectivity index is 1.24. The van der Waals surface area contributed by atoms with Gasteiger partial charge in [-0.1, -0.05) is 12.1 Å². The van der Waals surface area contributed by atoms with Gasteiger partial charge in [0.05, 0.1) is 12.2 Å². The molecule has 0 N–H and O–H groups in total. The molecule has 0 aliphatic carbocycles. The molecule has 0 saturated carbocycles. The summed E-state index contributed by atoms with van der Waals surface area (Å²) in [6.07, 6.45) is 5.01. The maximum absolute atomic E-state index is 13.9. The third-order valence-corrected chi connectivity index (χ3v) is 6.24. The van der Waals surface area contributed by atoms with Gasteiger partial charge in [0.2, 0.25) is 0 Å². The van der Waals surface area contributed by atoms with Crippen LogP contribution in [0.2, 0.25) is 0 Å². The number of halogens is 1. The number of hydrogen-bond acceptors (Lipinski definition) is 3. The summed E-state index contributed by atoms with van der Waals surface area (Å²) in [6, 6.07) is 13.5. The highest BCUT2D eigenvalue weighted by Gasteiger charge is 2.25. The van der Waals surface area contributed by atoms with Gasteiger partial charge in [0.25, 0.3) is 11.8 Å². The number of likely N-dealkylation sites (tertiary alicyclic amines) is 2. The number of carbonyl (C=O) groups excluding carboxylic acids is 2. The molecule has 164 valence electrons. The highest BCUT2D eigenvalue weighted by Crippen LogP contribution is 2.22. The Bertz CT molecular complexity index is 901. The lowest BCUT2D eigenvalue weighted by molar-refractivity contribution is 0.0655. The molecule has 0 atom stereocenters. The van der Waals surface area contributed by atoms with Crippen molar-refractivity contribution >= 4 is 11.8 Å². The maximum atomic E-state index is 13.9. The van der Waals surface area contributed by atoms with Crippen molar-refractivity contribution in [1.29, 1.82) is 0 Å². The van der Waals surface area contributed by atoms with Gasteiger partial charge in [0.15, 0.2) is 0 Å². The Morgan fingerprint density at radius 2 is 1.48 bits per heavy atom. The van der Waals surface area contributed by atoms with E-state index >= 15 is 0 Å². The van der Waals surface area contributed by atoms with Crippen molar-refractivity contribution in [2.24, 2.45) is 5.92 Å². The third-order valence-electron chi connectivity index (χ3n) is 6.24. The number of piperidine rings is 2. The maximum Gasteiger partial charge on any atom is 0.256 e. The minimum absolute atomic E-state index is 0.0955. The van der Waals surface area contributed by atoms with Gasteiger partial charge in [-0.25, -0.2) is 4.39 Å². The van der Waals surface area contributed by atoms with Crippen LogP contribution >= 0.6 is 0 Å². The first kappa shape index (κ1) is 21.3. The van der Waals surface area contributed by atoms with Gasteiger partial charge >= 0.3 is 0 Å². The second-order valence-electron chi connectivity index (χ2n) is 8.40. The summed E-state index contributed by atoms with van der Waals surface area (Å²) < 4.78 is 19.8. The van der Waals surface area contributed by atoms with Crippen LogP contribution in [0, 0.1) is 11.7 Å². The van der Waals surface area contributed by atoms with Gasteiger partial charge in [-0.3, -0.25) is 9.59 Å². The summed E-state index contributed by atoms with van der Waals surface area (Å²) in [5.74, 6) is 0.476. The number of ether oxygens (including phenoxy) is 1. The van der Waals surface area contributed by atoms with Gasteiger partial charge < -0.3 is 14.5 Å². The Morgan fingerprint density at radius 1 is 0.839 bits per heavy atom. The fourth-order valence-corrected chi connectivity index (χ4v) is 4.30. The van der Waals surface area contributed by atoms with E-state index in [2.05, 4.69) is 0 Å². The Labute approximate surface area is 182 Å². The van der Waals surface area contributed by atoms with E-state index in [1.807, 2.05) is 29.2 Å². The van der Waals surface area contributed by atoms with Crippen molar-refractivity contribution in [2.75, 3.05) is 32.8 Å². The summed E-state index contributed by atoms with van der Waals surface area (Å²) in [7, 11) is 0. The second-order valence-corrected chi connectivity index (χ2v) is 8.40. The molecule has 5 nitrogen and oxygen atoms in total. The molecule has 0 radical (unpaired) electrons. The summed E-state index contributed by atoms with van der Waals surface area (Å²) in [4.78, 5) is 28.7. The van der Waals surface area contributed by atoms with Crippen molar-refractivity contribution in [1.82, 2.24) is 9.80 Å². The molecule has 2 aromatic carbocycles. The van der Waals surface area contributed by atoms with Gasteiger partial charge in [-0.05, 0) is 74.4 Å². The average Bonchev–Trinajstić information content (AvgIpc) is 2.83. The lowest BCUT2D eigenvalue weighted by atomic mass is 9.97. The molecule has 0 spiro atoms. The van der Waals surface area contributed by atoms with Crippen LogP contribution in [0.3, 0.4) is 0 Å². The fraction of sp³-hybridized carbons (Fsp3) is 0.440. The first-order chi connectivity index (χ1) is 15.1. The molecule has 31 heavy (non-hydrogen) atoms. The predicted molar refractivity (Wildman–Crippen MR) is 117 cm³/mol. The highest BCUT2D eigenvalue weighted by molar-refractivity contribution is 5.95. The average molecular weight is 425 g/mol. The van der Waals surface area contributed by atoms with Crippen molar-refractivity contribution in [3.8, 4) is 5.75 Å². The molecule has 2 aliphatic heterocycles. The Morgan fingerprint density at radius 3 is 2.16 bits per heavy atom. The van der Waals surface area contributed by atoms with Crippen molar-refractivity contribution < 1.29 is 18.7 Å². The van der Waals surface area contributed by atoms with Crippen LogP contribution in [0.15, 0.2) is 48.5 Å². The standard InChI is InChI=1S/C25H29FN2O3/c26-23-7-3-2-6-22(23)25(30)28-16-12-19(13-17-28)18-31-21-10-8-20(9-11-21)24(29)27-14-4-1-5-15-27/h2-3,6-11,19H,1,4-5,12-18H2. The fourth-order valence-electron chi connectivity index (χ4n) is 4.30. The number of rotatable bonds is 5. The minimum atomic E-state index is -0.472. The van der Waals surface area contributed by atoms with Crippen LogP contribution in [0.5, 0.6) is 5.75 Å². The van der Waals surface area contributed by atoms with Crippen LogP contribution < -0.4 is 4.74 Å². The lowest BCUT2D eigenvalue weighted by Gasteiger charge is -2.32. The van der Waals surface area contributed by atoms with E-state index in [0.717, 1.165) is 44.5 Å². The summed E-state index contributed by atoms with van der Waals surface area (Å²) >= 11 is 0. The van der Waals surface area contributed by atoms with E-state index in [0.29, 0.717) is 31.2 Å². The molecule has 2 saturated heterocycles. The minimum Gasteiger partial charge on any atom is -0.493 e. The molecular formula is C25H29FN2O3. The number of nitrogens with zero attached hydrogens (tertiary/aromatic N) is 2. The molecule has 4 rings (SSSR count). The van der Waals surface area contributed by atoms with Gasteiger partial charge in [0, 0.05) is 31.7 Å². The summed E-state index contributed by atoms with van der Waals surface area (Å²) in [5.41, 5.74) is 0.839. The topological polar surface area (TPSA) is 49.9 Å². The van der Waals surface area contributed by atoms with Gasteiger partial charge in [0.1, 0.15) is 11.6 Å². The zero-order chi connectivity index (χ0) is 21.6. The van der Waals surface area contributed by atoms with E-state index in [9.17, 15) is 14.0 Å². The van der Waals surface area contributed by atoms with Crippen molar-refractivity contribution in [2.45, 2.75) is 32.1 Å². The Kier molecular flexibility index (Phi) is 6.85. The summed E-state index contributed by atoms with van der Waals surface area (Å²) in [6.45, 7) is 3.46. The summed E-state index contributed by atoms with van der Waals surface area (Å²) in [5, 5.41) is 0. The van der Waals surface area contributed by atoms with E-state index in [1.165, 1.54) is 18.6 Å². The van der Waals surface area contributed by atoms with E-state index in [4.69, 9.17) is 4.74 Å². The quantitative estimate of drug-likeness (QED) is 0.716. The molecule has 2 aliphatic rings. The highest BCUT2D eigenvalue weighted by atomic mass is 19.1. The van der Waals surface area contributed by atoms with Crippen LogP contribution in [0.4, 0.5) is 4.39 Å². The van der Waals surface area contributed by atoms with E-state index in [-0.39, 0.29) is 17.4 Å². The SMILES string of the molecule is O=C(c1ccc(OCC2CCN(C(=O)c3ccccc3F)CC2)cc1)N1CCCCC1. The Hall–Kier alpha value is -2.89.